The molecule has 1 aromatic heterocycles. The van der Waals surface area contributed by atoms with E-state index in [-0.39, 0.29) is 17.7 Å². The Balaban J connectivity index is 1.69. The number of pyridine rings is 1. The number of carbonyl (C=O) groups is 1. The molecule has 3 aromatic rings. The molecule has 1 unspecified atom stereocenters. The molecule has 0 bridgehead atoms. The fraction of sp³-hybridized carbons (Fsp3) is 0.208. The van der Waals surface area contributed by atoms with Gasteiger partial charge in [0.25, 0.3) is 0 Å². The van der Waals surface area contributed by atoms with Crippen molar-refractivity contribution in [2.24, 2.45) is 0 Å². The van der Waals surface area contributed by atoms with Crippen LogP contribution >= 0.6 is 0 Å². The van der Waals surface area contributed by atoms with Gasteiger partial charge in [0.1, 0.15) is 23.2 Å². The lowest BCUT2D eigenvalue weighted by atomic mass is 10.2. The molecule has 31 heavy (non-hydrogen) atoms. The molecule has 1 heterocycles. The molecule has 0 saturated carbocycles. The van der Waals surface area contributed by atoms with Gasteiger partial charge < -0.3 is 19.5 Å². The molecular weight excluding hydrogens is 394 g/mol. The molecular formula is C24H23N3O4. The van der Waals surface area contributed by atoms with Gasteiger partial charge in [0.2, 0.25) is 0 Å². The zero-order chi connectivity index (χ0) is 22.1. The number of benzene rings is 2. The highest BCUT2D eigenvalue weighted by Gasteiger charge is 2.16. The van der Waals surface area contributed by atoms with Crippen LogP contribution in [-0.4, -0.2) is 23.9 Å². The van der Waals surface area contributed by atoms with Crippen molar-refractivity contribution in [2.45, 2.75) is 26.7 Å². The Kier molecular flexibility index (Phi) is 7.57. The Labute approximate surface area is 181 Å². The van der Waals surface area contributed by atoms with Crippen molar-refractivity contribution in [3.05, 3.63) is 83.6 Å². The van der Waals surface area contributed by atoms with Gasteiger partial charge in [0.15, 0.2) is 6.29 Å². The summed E-state index contributed by atoms with van der Waals surface area (Å²) in [7, 11) is 0. The normalized spacial score (nSPS) is 11.3. The molecule has 0 spiro atoms. The van der Waals surface area contributed by atoms with Crippen molar-refractivity contribution in [3.63, 3.8) is 0 Å². The summed E-state index contributed by atoms with van der Waals surface area (Å²) in [5.74, 6) is 0.338. The number of esters is 1. The Bertz CT molecular complexity index is 1060. The molecule has 0 fully saturated rings. The number of carbonyl (C=O) groups excluding carboxylic acids is 1. The SMILES string of the molecule is CCOC(=O)c1cc(C#N)cnc1Nc1cccc(OC(C)OCc2ccccc2)c1. The molecule has 7 heteroatoms. The lowest BCUT2D eigenvalue weighted by molar-refractivity contribution is -0.0758. The topological polar surface area (TPSA) is 93.5 Å². The molecule has 0 radical (unpaired) electrons. The average molecular weight is 417 g/mol. The van der Waals surface area contributed by atoms with E-state index in [1.165, 1.54) is 12.3 Å². The number of rotatable bonds is 9. The van der Waals surface area contributed by atoms with Crippen LogP contribution in [0.2, 0.25) is 0 Å². The predicted molar refractivity (Wildman–Crippen MR) is 116 cm³/mol. The first-order chi connectivity index (χ1) is 15.1. The lowest BCUT2D eigenvalue weighted by Crippen LogP contribution is -2.16. The molecule has 1 N–H and O–H groups in total. The van der Waals surface area contributed by atoms with E-state index in [9.17, 15) is 4.79 Å². The van der Waals surface area contributed by atoms with Crippen molar-refractivity contribution in [2.75, 3.05) is 11.9 Å². The van der Waals surface area contributed by atoms with Crippen LogP contribution in [0.15, 0.2) is 66.9 Å². The zero-order valence-electron chi connectivity index (χ0n) is 17.4. The van der Waals surface area contributed by atoms with Gasteiger partial charge in [-0.15, -0.1) is 0 Å². The van der Waals surface area contributed by atoms with Gasteiger partial charge in [-0.2, -0.15) is 5.26 Å². The molecule has 158 valence electrons. The molecule has 0 aliphatic carbocycles. The summed E-state index contributed by atoms with van der Waals surface area (Å²) in [5, 5.41) is 12.2. The monoisotopic (exact) mass is 417 g/mol. The third-order valence-corrected chi connectivity index (χ3v) is 4.24. The maximum atomic E-state index is 12.3. The standard InChI is InChI=1S/C24H23N3O4/c1-3-29-24(28)22-12-19(14-25)15-26-23(22)27-20-10-7-11-21(13-20)31-17(2)30-16-18-8-5-4-6-9-18/h4-13,15,17H,3,16H2,1-2H3,(H,26,27). The number of hydrogen-bond acceptors (Lipinski definition) is 7. The van der Waals surface area contributed by atoms with E-state index < -0.39 is 12.3 Å². The number of aromatic nitrogens is 1. The molecule has 1 atom stereocenters. The third kappa shape index (κ3) is 6.29. The molecule has 0 amide bonds. The van der Waals surface area contributed by atoms with E-state index >= 15 is 0 Å². The Morgan fingerprint density at radius 3 is 2.71 bits per heavy atom. The summed E-state index contributed by atoms with van der Waals surface area (Å²) in [6.45, 7) is 4.20. The largest absolute Gasteiger partial charge is 0.465 e. The molecule has 0 saturated heterocycles. The predicted octanol–water partition coefficient (Wildman–Crippen LogP) is 4.82. The summed E-state index contributed by atoms with van der Waals surface area (Å²) < 4.78 is 16.7. The van der Waals surface area contributed by atoms with Gasteiger partial charge in [-0.3, -0.25) is 0 Å². The van der Waals surface area contributed by atoms with Gasteiger partial charge in [-0.25, -0.2) is 9.78 Å². The van der Waals surface area contributed by atoms with E-state index in [0.29, 0.717) is 23.9 Å². The highest BCUT2D eigenvalue weighted by Crippen LogP contribution is 2.24. The van der Waals surface area contributed by atoms with Gasteiger partial charge in [0, 0.05) is 18.0 Å². The quantitative estimate of drug-likeness (QED) is 0.394. The summed E-state index contributed by atoms with van der Waals surface area (Å²) in [6, 6.07) is 20.5. The van der Waals surface area contributed by atoms with E-state index in [4.69, 9.17) is 19.5 Å². The van der Waals surface area contributed by atoms with E-state index in [1.807, 2.05) is 61.5 Å². The van der Waals surface area contributed by atoms with Crippen molar-refractivity contribution < 1.29 is 19.0 Å². The van der Waals surface area contributed by atoms with Gasteiger partial charge in [-0.05, 0) is 37.6 Å². The van der Waals surface area contributed by atoms with Crippen LogP contribution in [-0.2, 0) is 16.1 Å². The Morgan fingerprint density at radius 1 is 1.16 bits per heavy atom. The fourth-order valence-electron chi connectivity index (χ4n) is 2.79. The second-order valence-corrected chi connectivity index (χ2v) is 6.59. The zero-order valence-corrected chi connectivity index (χ0v) is 17.4. The summed E-state index contributed by atoms with van der Waals surface area (Å²) in [5.41, 5.74) is 2.18. The van der Waals surface area contributed by atoms with Crippen LogP contribution in [0.25, 0.3) is 0 Å². The van der Waals surface area contributed by atoms with Crippen LogP contribution in [0.5, 0.6) is 5.75 Å². The second-order valence-electron chi connectivity index (χ2n) is 6.59. The van der Waals surface area contributed by atoms with Crippen molar-refractivity contribution in [3.8, 4) is 11.8 Å². The third-order valence-electron chi connectivity index (χ3n) is 4.24. The first-order valence-corrected chi connectivity index (χ1v) is 9.85. The number of nitriles is 1. The van der Waals surface area contributed by atoms with E-state index in [2.05, 4.69) is 10.3 Å². The highest BCUT2D eigenvalue weighted by atomic mass is 16.7. The maximum absolute atomic E-state index is 12.3. The van der Waals surface area contributed by atoms with Gasteiger partial charge in [-0.1, -0.05) is 36.4 Å². The lowest BCUT2D eigenvalue weighted by Gasteiger charge is -2.17. The van der Waals surface area contributed by atoms with Crippen molar-refractivity contribution >= 4 is 17.5 Å². The van der Waals surface area contributed by atoms with Crippen LogP contribution in [0.3, 0.4) is 0 Å². The Hall–Kier alpha value is -3.89. The number of anilines is 2. The number of nitrogens with zero attached hydrogens (tertiary/aromatic N) is 2. The van der Waals surface area contributed by atoms with Crippen LogP contribution < -0.4 is 10.1 Å². The minimum absolute atomic E-state index is 0.187. The smallest absolute Gasteiger partial charge is 0.341 e. The number of nitrogens with one attached hydrogen (secondary N) is 1. The number of ether oxygens (including phenoxy) is 3. The summed E-state index contributed by atoms with van der Waals surface area (Å²) in [6.07, 6.45) is 0.934. The molecule has 7 nitrogen and oxygen atoms in total. The van der Waals surface area contributed by atoms with Crippen molar-refractivity contribution in [1.29, 1.82) is 5.26 Å². The molecule has 0 aliphatic heterocycles. The minimum atomic E-state index is -0.551. The highest BCUT2D eigenvalue weighted by molar-refractivity contribution is 5.95. The van der Waals surface area contributed by atoms with Gasteiger partial charge >= 0.3 is 5.97 Å². The van der Waals surface area contributed by atoms with E-state index in [0.717, 1.165) is 5.56 Å². The summed E-state index contributed by atoms with van der Waals surface area (Å²) >= 11 is 0. The first kappa shape index (κ1) is 21.8. The summed E-state index contributed by atoms with van der Waals surface area (Å²) in [4.78, 5) is 16.5. The second kappa shape index (κ2) is 10.8. The number of hydrogen-bond donors (Lipinski definition) is 1. The molecule has 3 rings (SSSR count). The average Bonchev–Trinajstić information content (AvgIpc) is 2.79. The Morgan fingerprint density at radius 2 is 1.97 bits per heavy atom. The van der Waals surface area contributed by atoms with Crippen LogP contribution in [0, 0.1) is 11.3 Å². The van der Waals surface area contributed by atoms with E-state index in [1.54, 1.807) is 13.0 Å². The molecule has 2 aromatic carbocycles. The van der Waals surface area contributed by atoms with Gasteiger partial charge in [0.05, 0.1) is 18.8 Å². The maximum Gasteiger partial charge on any atom is 0.341 e. The molecule has 0 aliphatic rings. The van der Waals surface area contributed by atoms with Crippen LogP contribution in [0.1, 0.15) is 35.3 Å². The van der Waals surface area contributed by atoms with Crippen LogP contribution in [0.4, 0.5) is 11.5 Å². The first-order valence-electron chi connectivity index (χ1n) is 9.85. The van der Waals surface area contributed by atoms with Crippen molar-refractivity contribution in [1.82, 2.24) is 4.98 Å². The minimum Gasteiger partial charge on any atom is -0.465 e. The fourth-order valence-corrected chi connectivity index (χ4v) is 2.79.